The lowest BCUT2D eigenvalue weighted by Gasteiger charge is -2.29. The maximum absolute atomic E-state index is 14.4. The Bertz CT molecular complexity index is 1170. The van der Waals surface area contributed by atoms with E-state index in [1.54, 1.807) is 12.1 Å². The standard InChI is InChI=1S/C22H20ClF4N5O2/c1-33-16-9-13(22(25,26)27)8-15(10-16)30-21-28-12-18(24)20(31-21)29-14-2-3-19(17(23)11-14)32-4-6-34-7-5-32/h2-3,8-12H,4-7H2,1H3,(H2,28,29,30,31). The van der Waals surface area contributed by atoms with Crippen molar-refractivity contribution in [2.24, 2.45) is 0 Å². The van der Waals surface area contributed by atoms with Gasteiger partial charge in [0.25, 0.3) is 0 Å². The van der Waals surface area contributed by atoms with Crippen LogP contribution in [0.15, 0.2) is 42.6 Å². The highest BCUT2D eigenvalue weighted by Gasteiger charge is 2.31. The molecule has 1 aliphatic heterocycles. The summed E-state index contributed by atoms with van der Waals surface area (Å²) in [6.45, 7) is 2.64. The van der Waals surface area contributed by atoms with Crippen molar-refractivity contribution in [1.29, 1.82) is 0 Å². The van der Waals surface area contributed by atoms with Crippen LogP contribution in [0.1, 0.15) is 5.56 Å². The number of rotatable bonds is 6. The molecule has 1 aliphatic rings. The predicted molar refractivity (Wildman–Crippen MR) is 121 cm³/mol. The number of methoxy groups -OCH3 is 1. The Hall–Kier alpha value is -3.31. The van der Waals surface area contributed by atoms with E-state index in [2.05, 4.69) is 25.5 Å². The van der Waals surface area contributed by atoms with E-state index >= 15 is 0 Å². The second kappa shape index (κ2) is 9.90. The van der Waals surface area contributed by atoms with Gasteiger partial charge in [-0.25, -0.2) is 9.37 Å². The number of nitrogens with zero attached hydrogens (tertiary/aromatic N) is 3. The molecule has 0 amide bonds. The van der Waals surface area contributed by atoms with E-state index in [9.17, 15) is 17.6 Å². The van der Waals surface area contributed by atoms with Gasteiger partial charge < -0.3 is 25.0 Å². The van der Waals surface area contributed by atoms with Gasteiger partial charge in [0, 0.05) is 30.5 Å². The summed E-state index contributed by atoms with van der Waals surface area (Å²) in [7, 11) is 1.26. The lowest BCUT2D eigenvalue weighted by molar-refractivity contribution is -0.137. The average molecular weight is 498 g/mol. The molecule has 0 bridgehead atoms. The van der Waals surface area contributed by atoms with E-state index in [0.717, 1.165) is 24.0 Å². The molecule has 34 heavy (non-hydrogen) atoms. The summed E-state index contributed by atoms with van der Waals surface area (Å²) < 4.78 is 64.2. The van der Waals surface area contributed by atoms with Crippen molar-refractivity contribution in [1.82, 2.24) is 9.97 Å². The van der Waals surface area contributed by atoms with Crippen LogP contribution in [0, 0.1) is 5.82 Å². The minimum atomic E-state index is -4.58. The van der Waals surface area contributed by atoms with Crippen molar-refractivity contribution >= 4 is 40.4 Å². The molecular formula is C22H20ClF4N5O2. The molecule has 7 nitrogen and oxygen atoms in total. The van der Waals surface area contributed by atoms with Crippen molar-refractivity contribution < 1.29 is 27.0 Å². The summed E-state index contributed by atoms with van der Waals surface area (Å²) in [6.07, 6.45) is -3.67. The van der Waals surface area contributed by atoms with Gasteiger partial charge in [-0.1, -0.05) is 11.6 Å². The molecule has 0 saturated carbocycles. The topological polar surface area (TPSA) is 71.5 Å². The van der Waals surface area contributed by atoms with Gasteiger partial charge in [0.2, 0.25) is 5.95 Å². The first-order valence-corrected chi connectivity index (χ1v) is 10.6. The summed E-state index contributed by atoms with van der Waals surface area (Å²) in [5, 5.41) is 5.95. The Morgan fingerprint density at radius 3 is 2.50 bits per heavy atom. The summed E-state index contributed by atoms with van der Waals surface area (Å²) >= 11 is 6.42. The molecule has 1 fully saturated rings. The first kappa shape index (κ1) is 23.8. The fraction of sp³-hybridized carbons (Fsp3) is 0.273. The van der Waals surface area contributed by atoms with E-state index in [1.165, 1.54) is 13.2 Å². The number of nitrogens with one attached hydrogen (secondary N) is 2. The van der Waals surface area contributed by atoms with Gasteiger partial charge in [0.05, 0.1) is 42.8 Å². The maximum Gasteiger partial charge on any atom is 0.416 e. The molecule has 0 atom stereocenters. The Labute approximate surface area is 197 Å². The Balaban J connectivity index is 1.54. The second-order valence-electron chi connectivity index (χ2n) is 7.35. The largest absolute Gasteiger partial charge is 0.497 e. The van der Waals surface area contributed by atoms with E-state index in [-0.39, 0.29) is 23.2 Å². The van der Waals surface area contributed by atoms with Gasteiger partial charge in [-0.05, 0) is 30.3 Å². The van der Waals surface area contributed by atoms with Crippen molar-refractivity contribution in [2.75, 3.05) is 48.9 Å². The van der Waals surface area contributed by atoms with Crippen molar-refractivity contribution in [2.45, 2.75) is 6.18 Å². The number of ether oxygens (including phenoxy) is 2. The molecule has 0 spiro atoms. The molecule has 4 rings (SSSR count). The van der Waals surface area contributed by atoms with E-state index in [4.69, 9.17) is 21.1 Å². The third kappa shape index (κ3) is 5.60. The zero-order chi connectivity index (χ0) is 24.3. The molecule has 0 radical (unpaired) electrons. The van der Waals surface area contributed by atoms with E-state index in [1.807, 2.05) is 6.07 Å². The number of anilines is 5. The lowest BCUT2D eigenvalue weighted by Crippen LogP contribution is -2.36. The minimum absolute atomic E-state index is 0.00668. The molecule has 0 aliphatic carbocycles. The summed E-state index contributed by atoms with van der Waals surface area (Å²) in [5.74, 6) is -1.04. The molecule has 2 heterocycles. The first-order valence-electron chi connectivity index (χ1n) is 10.2. The maximum atomic E-state index is 14.4. The smallest absolute Gasteiger partial charge is 0.416 e. The number of hydrogen-bond acceptors (Lipinski definition) is 7. The number of aromatic nitrogens is 2. The highest BCUT2D eigenvalue weighted by molar-refractivity contribution is 6.33. The van der Waals surface area contributed by atoms with Crippen LogP contribution in [0.4, 0.5) is 46.4 Å². The average Bonchev–Trinajstić information content (AvgIpc) is 2.81. The monoisotopic (exact) mass is 497 g/mol. The molecule has 2 N–H and O–H groups in total. The van der Waals surface area contributed by atoms with Gasteiger partial charge in [-0.15, -0.1) is 0 Å². The number of halogens is 5. The third-order valence-corrected chi connectivity index (χ3v) is 5.33. The Morgan fingerprint density at radius 2 is 1.82 bits per heavy atom. The van der Waals surface area contributed by atoms with Gasteiger partial charge in [-0.2, -0.15) is 18.2 Å². The van der Waals surface area contributed by atoms with Crippen molar-refractivity contribution in [3.63, 3.8) is 0 Å². The van der Waals surface area contributed by atoms with Crippen molar-refractivity contribution in [3.05, 3.63) is 59.0 Å². The summed E-state index contributed by atoms with van der Waals surface area (Å²) in [6, 6.07) is 8.27. The van der Waals surface area contributed by atoms with Crippen LogP contribution in [-0.4, -0.2) is 43.4 Å². The molecule has 12 heteroatoms. The summed E-state index contributed by atoms with van der Waals surface area (Å²) in [5.41, 5.74) is 0.428. The van der Waals surface area contributed by atoms with Crippen LogP contribution in [0.3, 0.4) is 0 Å². The fourth-order valence-corrected chi connectivity index (χ4v) is 3.68. The molecule has 0 unspecified atom stereocenters. The molecule has 3 aromatic rings. The van der Waals surface area contributed by atoms with Crippen LogP contribution >= 0.6 is 11.6 Å². The second-order valence-corrected chi connectivity index (χ2v) is 7.76. The van der Waals surface area contributed by atoms with Gasteiger partial charge in [-0.3, -0.25) is 0 Å². The van der Waals surface area contributed by atoms with E-state index in [0.29, 0.717) is 37.0 Å². The fourth-order valence-electron chi connectivity index (χ4n) is 3.38. The SMILES string of the molecule is COc1cc(Nc2ncc(F)c(Nc3ccc(N4CCOCC4)c(Cl)c3)n2)cc(C(F)(F)F)c1. The van der Waals surface area contributed by atoms with Crippen LogP contribution in [0.2, 0.25) is 5.02 Å². The van der Waals surface area contributed by atoms with Crippen LogP contribution in [0.25, 0.3) is 0 Å². The lowest BCUT2D eigenvalue weighted by atomic mass is 10.2. The molecule has 180 valence electrons. The van der Waals surface area contributed by atoms with Crippen LogP contribution in [0.5, 0.6) is 5.75 Å². The van der Waals surface area contributed by atoms with Gasteiger partial charge in [0.1, 0.15) is 5.75 Å². The molecule has 1 saturated heterocycles. The highest BCUT2D eigenvalue weighted by atomic mass is 35.5. The predicted octanol–water partition coefficient (Wildman–Crippen LogP) is 5.62. The number of hydrogen-bond donors (Lipinski definition) is 2. The third-order valence-electron chi connectivity index (χ3n) is 5.03. The van der Waals surface area contributed by atoms with Crippen LogP contribution < -0.4 is 20.3 Å². The zero-order valence-corrected chi connectivity index (χ0v) is 18.7. The van der Waals surface area contributed by atoms with Gasteiger partial charge in [0.15, 0.2) is 11.6 Å². The number of benzene rings is 2. The molecule has 1 aromatic heterocycles. The molecule has 2 aromatic carbocycles. The zero-order valence-electron chi connectivity index (χ0n) is 17.9. The normalized spacial score (nSPS) is 14.1. The molecular weight excluding hydrogens is 478 g/mol. The van der Waals surface area contributed by atoms with Crippen LogP contribution in [-0.2, 0) is 10.9 Å². The van der Waals surface area contributed by atoms with Crippen molar-refractivity contribution in [3.8, 4) is 5.75 Å². The quantitative estimate of drug-likeness (QED) is 0.428. The number of morpholine rings is 1. The van der Waals surface area contributed by atoms with E-state index < -0.39 is 17.6 Å². The summed E-state index contributed by atoms with van der Waals surface area (Å²) in [4.78, 5) is 9.95. The number of alkyl halides is 3. The highest BCUT2D eigenvalue weighted by Crippen LogP contribution is 2.35. The Morgan fingerprint density at radius 1 is 1.06 bits per heavy atom. The van der Waals surface area contributed by atoms with Gasteiger partial charge >= 0.3 is 6.18 Å². The first-order chi connectivity index (χ1) is 16.2. The Kier molecular flexibility index (Phi) is 6.94. The minimum Gasteiger partial charge on any atom is -0.497 e.